The van der Waals surface area contributed by atoms with Gasteiger partial charge >= 0.3 is 5.97 Å². The highest BCUT2D eigenvalue weighted by atomic mass is 16.5. The number of aromatic nitrogens is 1. The molecule has 1 unspecified atom stereocenters. The highest BCUT2D eigenvalue weighted by Crippen LogP contribution is 2.20. The highest BCUT2D eigenvalue weighted by molar-refractivity contribution is 5.88. The maximum Gasteiger partial charge on any atom is 0.356 e. The second-order valence-electron chi connectivity index (χ2n) is 4.16. The number of esters is 1. The van der Waals surface area contributed by atoms with Crippen molar-refractivity contribution in [3.8, 4) is 0 Å². The molecule has 0 saturated heterocycles. The average molecular weight is 253 g/mol. The van der Waals surface area contributed by atoms with Gasteiger partial charge in [-0.1, -0.05) is 0 Å². The number of aliphatic hydroxyl groups excluding tert-OH is 1. The van der Waals surface area contributed by atoms with Crippen molar-refractivity contribution in [2.75, 3.05) is 31.3 Å². The molecule has 0 fully saturated rings. The Labute approximate surface area is 106 Å². The van der Waals surface area contributed by atoms with Crippen LogP contribution in [-0.2, 0) is 4.74 Å². The van der Waals surface area contributed by atoms with Crippen LogP contribution in [0.3, 0.4) is 0 Å². The number of hydrogen-bond donors (Lipinski definition) is 2. The van der Waals surface area contributed by atoms with Gasteiger partial charge in [-0.2, -0.15) is 0 Å². The van der Waals surface area contributed by atoms with E-state index < -0.39 is 12.1 Å². The van der Waals surface area contributed by atoms with Crippen molar-refractivity contribution < 1.29 is 14.6 Å². The number of hydrogen-bond acceptors (Lipinski definition) is 6. The van der Waals surface area contributed by atoms with E-state index in [9.17, 15) is 9.90 Å². The number of anilines is 2. The van der Waals surface area contributed by atoms with Crippen molar-refractivity contribution in [1.82, 2.24) is 4.98 Å². The zero-order valence-electron chi connectivity index (χ0n) is 10.9. The van der Waals surface area contributed by atoms with Crippen LogP contribution in [0, 0.1) is 0 Å². The number of aliphatic hydroxyl groups is 1. The Balaban J connectivity index is 2.89. The minimum Gasteiger partial charge on any atom is -0.464 e. The van der Waals surface area contributed by atoms with Crippen LogP contribution in [-0.4, -0.2) is 42.9 Å². The van der Waals surface area contributed by atoms with E-state index in [4.69, 9.17) is 5.73 Å². The van der Waals surface area contributed by atoms with Gasteiger partial charge in [0.15, 0.2) is 11.5 Å². The Hall–Kier alpha value is -1.82. The minimum absolute atomic E-state index is 0.214. The van der Waals surface area contributed by atoms with E-state index in [0.717, 1.165) is 0 Å². The lowest BCUT2D eigenvalue weighted by molar-refractivity contribution is 0.0594. The monoisotopic (exact) mass is 253 g/mol. The van der Waals surface area contributed by atoms with Crippen molar-refractivity contribution in [1.29, 1.82) is 0 Å². The van der Waals surface area contributed by atoms with E-state index in [1.54, 1.807) is 17.9 Å². The lowest BCUT2D eigenvalue weighted by Gasteiger charge is -2.20. The maximum absolute atomic E-state index is 11.4. The van der Waals surface area contributed by atoms with Crippen LogP contribution < -0.4 is 10.6 Å². The normalized spacial score (nSPS) is 12.0. The molecule has 0 aliphatic heterocycles. The molecule has 3 N–H and O–H groups in total. The lowest BCUT2D eigenvalue weighted by Crippen LogP contribution is -2.24. The summed E-state index contributed by atoms with van der Waals surface area (Å²) in [6.07, 6.45) is 0.206. The van der Waals surface area contributed by atoms with Gasteiger partial charge in [0.05, 0.1) is 18.9 Å². The van der Waals surface area contributed by atoms with Gasteiger partial charge in [0.2, 0.25) is 0 Å². The number of nitrogens with two attached hydrogens (primary N) is 1. The summed E-state index contributed by atoms with van der Waals surface area (Å²) >= 11 is 0. The molecule has 0 aromatic carbocycles. The van der Waals surface area contributed by atoms with E-state index in [0.29, 0.717) is 24.5 Å². The van der Waals surface area contributed by atoms with Crippen molar-refractivity contribution in [2.24, 2.45) is 0 Å². The summed E-state index contributed by atoms with van der Waals surface area (Å²) in [7, 11) is 3.11. The van der Waals surface area contributed by atoms with Crippen LogP contribution in [0.15, 0.2) is 12.1 Å². The van der Waals surface area contributed by atoms with Gasteiger partial charge in [0.25, 0.3) is 0 Å². The number of pyridine rings is 1. The maximum atomic E-state index is 11.4. The first-order valence-electron chi connectivity index (χ1n) is 5.69. The zero-order chi connectivity index (χ0) is 13.7. The van der Waals surface area contributed by atoms with E-state index >= 15 is 0 Å². The fourth-order valence-electron chi connectivity index (χ4n) is 1.47. The van der Waals surface area contributed by atoms with Gasteiger partial charge in [0.1, 0.15) is 0 Å². The minimum atomic E-state index is -0.500. The Morgan fingerprint density at radius 2 is 2.28 bits per heavy atom. The van der Waals surface area contributed by atoms with Gasteiger partial charge in [-0.25, -0.2) is 9.78 Å². The third-order valence-corrected chi connectivity index (χ3v) is 2.54. The first-order chi connectivity index (χ1) is 8.45. The third kappa shape index (κ3) is 3.59. The average Bonchev–Trinajstić information content (AvgIpc) is 2.35. The van der Waals surface area contributed by atoms with Crippen molar-refractivity contribution in [2.45, 2.75) is 19.4 Å². The second kappa shape index (κ2) is 6.20. The third-order valence-electron chi connectivity index (χ3n) is 2.54. The van der Waals surface area contributed by atoms with Gasteiger partial charge in [-0.15, -0.1) is 0 Å². The fourth-order valence-corrected chi connectivity index (χ4v) is 1.47. The highest BCUT2D eigenvalue weighted by Gasteiger charge is 2.13. The molecular weight excluding hydrogens is 234 g/mol. The largest absolute Gasteiger partial charge is 0.464 e. The molecule has 0 radical (unpaired) electrons. The molecule has 100 valence electrons. The number of ether oxygens (including phenoxy) is 1. The van der Waals surface area contributed by atoms with Gasteiger partial charge < -0.3 is 20.5 Å². The predicted octanol–water partition coefficient (Wildman–Crippen LogP) is 0.657. The molecule has 0 saturated carbocycles. The Kier molecular flexibility index (Phi) is 4.91. The van der Waals surface area contributed by atoms with E-state index in [1.807, 2.05) is 7.05 Å². The first kappa shape index (κ1) is 14.2. The molecule has 0 spiro atoms. The molecule has 1 heterocycles. The van der Waals surface area contributed by atoms with E-state index in [1.165, 1.54) is 13.2 Å². The Bertz CT molecular complexity index is 421. The smallest absolute Gasteiger partial charge is 0.356 e. The molecule has 0 bridgehead atoms. The lowest BCUT2D eigenvalue weighted by atomic mass is 10.2. The molecule has 0 aliphatic rings. The number of carbonyl (C=O) groups excluding carboxylic acids is 1. The van der Waals surface area contributed by atoms with Crippen LogP contribution in [0.1, 0.15) is 23.8 Å². The number of methoxy groups -OCH3 is 1. The fraction of sp³-hybridized carbons (Fsp3) is 0.500. The van der Waals surface area contributed by atoms with Gasteiger partial charge in [-0.05, 0) is 25.5 Å². The molecule has 1 aromatic rings. The summed E-state index contributed by atoms with van der Waals surface area (Å²) in [5, 5.41) is 9.25. The standard InChI is InChI=1S/C12H19N3O3/c1-8(16)6-7-15(2)11-9(13)4-5-10(14-11)12(17)18-3/h4-5,8,16H,6-7,13H2,1-3H3. The van der Waals surface area contributed by atoms with Crippen LogP contribution in [0.25, 0.3) is 0 Å². The van der Waals surface area contributed by atoms with Crippen LogP contribution in [0.4, 0.5) is 11.5 Å². The number of nitrogens with zero attached hydrogens (tertiary/aromatic N) is 2. The summed E-state index contributed by atoms with van der Waals surface area (Å²) < 4.78 is 4.61. The van der Waals surface area contributed by atoms with E-state index in [2.05, 4.69) is 9.72 Å². The molecule has 1 rings (SSSR count). The number of nitrogen functional groups attached to an aromatic ring is 1. The Morgan fingerprint density at radius 1 is 1.61 bits per heavy atom. The van der Waals surface area contributed by atoms with Gasteiger partial charge in [-0.3, -0.25) is 0 Å². The van der Waals surface area contributed by atoms with Gasteiger partial charge in [0, 0.05) is 13.6 Å². The second-order valence-corrected chi connectivity index (χ2v) is 4.16. The zero-order valence-corrected chi connectivity index (χ0v) is 10.9. The number of rotatable bonds is 5. The molecular formula is C12H19N3O3. The predicted molar refractivity (Wildman–Crippen MR) is 69.6 cm³/mol. The summed E-state index contributed by atoms with van der Waals surface area (Å²) in [6, 6.07) is 3.14. The molecule has 6 nitrogen and oxygen atoms in total. The van der Waals surface area contributed by atoms with Crippen molar-refractivity contribution >= 4 is 17.5 Å². The summed E-state index contributed by atoms with van der Waals surface area (Å²) in [4.78, 5) is 17.3. The quantitative estimate of drug-likeness (QED) is 0.749. The first-order valence-corrected chi connectivity index (χ1v) is 5.69. The molecule has 0 aliphatic carbocycles. The molecule has 1 atom stereocenters. The summed E-state index contributed by atoms with van der Waals surface area (Å²) in [5.41, 5.74) is 6.52. The summed E-state index contributed by atoms with van der Waals surface area (Å²) in [5.74, 6) is 0.0127. The SMILES string of the molecule is COC(=O)c1ccc(N)c(N(C)CCC(C)O)n1. The Morgan fingerprint density at radius 3 is 2.83 bits per heavy atom. The van der Waals surface area contributed by atoms with Crippen molar-refractivity contribution in [3.05, 3.63) is 17.8 Å². The molecule has 1 aromatic heterocycles. The van der Waals surface area contributed by atoms with Crippen LogP contribution in [0.5, 0.6) is 0 Å². The van der Waals surface area contributed by atoms with E-state index in [-0.39, 0.29) is 5.69 Å². The molecule has 18 heavy (non-hydrogen) atoms. The van der Waals surface area contributed by atoms with Crippen LogP contribution >= 0.6 is 0 Å². The summed E-state index contributed by atoms with van der Waals surface area (Å²) in [6.45, 7) is 2.31. The van der Waals surface area contributed by atoms with Crippen LogP contribution in [0.2, 0.25) is 0 Å². The number of carbonyl (C=O) groups is 1. The molecule has 6 heteroatoms. The topological polar surface area (TPSA) is 88.7 Å². The molecule has 0 amide bonds. The van der Waals surface area contributed by atoms with Crippen molar-refractivity contribution in [3.63, 3.8) is 0 Å².